The Hall–Kier alpha value is -1.38. The normalized spacial score (nSPS) is 15.6. The summed E-state index contributed by atoms with van der Waals surface area (Å²) in [7, 11) is 1.68. The van der Waals surface area contributed by atoms with Crippen LogP contribution >= 0.6 is 23.2 Å². The number of methoxy groups -OCH3 is 1. The summed E-state index contributed by atoms with van der Waals surface area (Å²) in [6, 6.07) is 14.0. The van der Waals surface area contributed by atoms with E-state index in [1.807, 2.05) is 24.3 Å². The van der Waals surface area contributed by atoms with Gasteiger partial charge in [0.2, 0.25) is 0 Å². The Bertz CT molecular complexity index is 623. The molecule has 1 unspecified atom stereocenters. The maximum absolute atomic E-state index is 6.26. The minimum Gasteiger partial charge on any atom is -0.497 e. The van der Waals surface area contributed by atoms with Gasteiger partial charge in [0.25, 0.3) is 0 Å². The van der Waals surface area contributed by atoms with Gasteiger partial charge in [0.05, 0.1) is 23.9 Å². The van der Waals surface area contributed by atoms with Crippen molar-refractivity contribution in [3.63, 3.8) is 0 Å². The molecule has 2 nitrogen and oxygen atoms in total. The third kappa shape index (κ3) is 3.45. The van der Waals surface area contributed by atoms with Gasteiger partial charge in [-0.15, -0.1) is 0 Å². The summed E-state index contributed by atoms with van der Waals surface area (Å²) >= 11 is 12.3. The summed E-state index contributed by atoms with van der Waals surface area (Å²) in [5.41, 5.74) is 2.13. The summed E-state index contributed by atoms with van der Waals surface area (Å²) in [6.45, 7) is 0. The number of ether oxygens (including phenoxy) is 1. The largest absolute Gasteiger partial charge is 0.497 e. The predicted octanol–water partition coefficient (Wildman–Crippen LogP) is 5.57. The lowest BCUT2D eigenvalue weighted by molar-refractivity contribution is 0.414. The number of halogens is 2. The molecule has 0 aliphatic heterocycles. The molecule has 1 aliphatic rings. The van der Waals surface area contributed by atoms with Crippen LogP contribution in [-0.2, 0) is 0 Å². The summed E-state index contributed by atoms with van der Waals surface area (Å²) < 4.78 is 5.22. The zero-order chi connectivity index (χ0) is 14.8. The van der Waals surface area contributed by atoms with Crippen LogP contribution in [0.3, 0.4) is 0 Å². The van der Waals surface area contributed by atoms with E-state index in [9.17, 15) is 0 Å². The fraction of sp³-hybridized carbons (Fsp3) is 0.294. The van der Waals surface area contributed by atoms with E-state index in [1.165, 1.54) is 18.4 Å². The number of hydrogen-bond donors (Lipinski definition) is 1. The summed E-state index contributed by atoms with van der Waals surface area (Å²) in [5.74, 6) is 1.52. The molecule has 0 bridgehead atoms. The summed E-state index contributed by atoms with van der Waals surface area (Å²) in [5, 5.41) is 4.93. The molecule has 2 aromatic rings. The van der Waals surface area contributed by atoms with Crippen molar-refractivity contribution in [2.24, 2.45) is 5.92 Å². The van der Waals surface area contributed by atoms with Crippen molar-refractivity contribution in [1.82, 2.24) is 0 Å². The van der Waals surface area contributed by atoms with E-state index >= 15 is 0 Å². The van der Waals surface area contributed by atoms with E-state index in [2.05, 4.69) is 17.4 Å². The van der Waals surface area contributed by atoms with Crippen molar-refractivity contribution >= 4 is 28.9 Å². The first-order valence-electron chi connectivity index (χ1n) is 7.03. The van der Waals surface area contributed by atoms with Crippen LogP contribution in [-0.4, -0.2) is 7.11 Å². The zero-order valence-corrected chi connectivity index (χ0v) is 13.3. The number of hydrogen-bond acceptors (Lipinski definition) is 2. The van der Waals surface area contributed by atoms with Gasteiger partial charge in [-0.25, -0.2) is 0 Å². The van der Waals surface area contributed by atoms with E-state index in [0.29, 0.717) is 16.0 Å². The molecule has 0 saturated heterocycles. The molecule has 0 aromatic heterocycles. The number of anilines is 1. The first-order valence-corrected chi connectivity index (χ1v) is 7.78. The average Bonchev–Trinajstić information content (AvgIpc) is 3.33. The topological polar surface area (TPSA) is 21.3 Å². The fourth-order valence-electron chi connectivity index (χ4n) is 2.49. The Morgan fingerprint density at radius 1 is 1.10 bits per heavy atom. The third-order valence-electron chi connectivity index (χ3n) is 3.81. The summed E-state index contributed by atoms with van der Waals surface area (Å²) in [6.07, 6.45) is 2.48. The molecule has 1 aliphatic carbocycles. The van der Waals surface area contributed by atoms with E-state index in [4.69, 9.17) is 27.9 Å². The highest BCUT2D eigenvalue weighted by Gasteiger charge is 2.32. The molecular formula is C17H17Cl2NO. The highest BCUT2D eigenvalue weighted by atomic mass is 35.5. The van der Waals surface area contributed by atoms with E-state index < -0.39 is 0 Å². The monoisotopic (exact) mass is 321 g/mol. The first-order chi connectivity index (χ1) is 10.2. The second-order valence-corrected chi connectivity index (χ2v) is 6.20. The van der Waals surface area contributed by atoms with Crippen LogP contribution in [0.2, 0.25) is 10.0 Å². The molecular weight excluding hydrogens is 305 g/mol. The van der Waals surface area contributed by atoms with Crippen LogP contribution in [0.25, 0.3) is 0 Å². The number of rotatable bonds is 5. The molecule has 21 heavy (non-hydrogen) atoms. The molecule has 2 aromatic carbocycles. The zero-order valence-electron chi connectivity index (χ0n) is 11.8. The quantitative estimate of drug-likeness (QED) is 0.777. The van der Waals surface area contributed by atoms with Crippen LogP contribution < -0.4 is 10.1 Å². The fourth-order valence-corrected chi connectivity index (χ4v) is 2.83. The van der Waals surface area contributed by atoms with Gasteiger partial charge in [0, 0.05) is 5.02 Å². The van der Waals surface area contributed by atoms with Crippen LogP contribution in [0.1, 0.15) is 24.4 Å². The van der Waals surface area contributed by atoms with Crippen LogP contribution in [0.5, 0.6) is 5.75 Å². The van der Waals surface area contributed by atoms with E-state index in [0.717, 1.165) is 11.4 Å². The smallest absolute Gasteiger partial charge is 0.118 e. The van der Waals surface area contributed by atoms with Crippen molar-refractivity contribution in [2.45, 2.75) is 18.9 Å². The Balaban J connectivity index is 1.86. The minimum atomic E-state index is 0.256. The van der Waals surface area contributed by atoms with Gasteiger partial charge < -0.3 is 10.1 Å². The maximum atomic E-state index is 6.26. The Morgan fingerprint density at radius 2 is 1.81 bits per heavy atom. The molecule has 4 heteroatoms. The van der Waals surface area contributed by atoms with Crippen molar-refractivity contribution in [2.75, 3.05) is 12.4 Å². The molecule has 1 fully saturated rings. The van der Waals surface area contributed by atoms with Crippen LogP contribution in [0, 0.1) is 5.92 Å². The highest BCUT2D eigenvalue weighted by molar-refractivity contribution is 6.35. The van der Waals surface area contributed by atoms with Crippen molar-refractivity contribution in [3.8, 4) is 5.75 Å². The van der Waals surface area contributed by atoms with Crippen LogP contribution in [0.4, 0.5) is 5.69 Å². The molecule has 110 valence electrons. The van der Waals surface area contributed by atoms with Crippen LogP contribution in [0.15, 0.2) is 42.5 Å². The molecule has 1 N–H and O–H groups in total. The number of nitrogens with one attached hydrogen (secondary N) is 1. The highest BCUT2D eigenvalue weighted by Crippen LogP contribution is 2.44. The first kappa shape index (κ1) is 14.6. The molecule has 3 rings (SSSR count). The molecule has 1 saturated carbocycles. The molecule has 0 spiro atoms. The second-order valence-electron chi connectivity index (χ2n) is 5.36. The van der Waals surface area contributed by atoms with Gasteiger partial charge in [-0.2, -0.15) is 0 Å². The van der Waals surface area contributed by atoms with Crippen molar-refractivity contribution in [1.29, 1.82) is 0 Å². The minimum absolute atomic E-state index is 0.256. The van der Waals surface area contributed by atoms with Crippen molar-refractivity contribution < 1.29 is 4.74 Å². The Morgan fingerprint density at radius 3 is 2.43 bits per heavy atom. The van der Waals surface area contributed by atoms with Gasteiger partial charge in [-0.05, 0) is 54.7 Å². The van der Waals surface area contributed by atoms with E-state index in [-0.39, 0.29) is 6.04 Å². The summed E-state index contributed by atoms with van der Waals surface area (Å²) in [4.78, 5) is 0. The van der Waals surface area contributed by atoms with Crippen molar-refractivity contribution in [3.05, 3.63) is 58.1 Å². The molecule has 0 radical (unpaired) electrons. The molecule has 0 heterocycles. The van der Waals surface area contributed by atoms with Gasteiger partial charge in [-0.1, -0.05) is 35.3 Å². The molecule has 1 atom stereocenters. The second kappa shape index (κ2) is 6.17. The van der Waals surface area contributed by atoms with Gasteiger partial charge in [0.15, 0.2) is 0 Å². The SMILES string of the molecule is COc1ccc(C(Nc2cc(Cl)ccc2Cl)C2CC2)cc1. The van der Waals surface area contributed by atoms with E-state index in [1.54, 1.807) is 13.2 Å². The third-order valence-corrected chi connectivity index (χ3v) is 4.37. The number of benzene rings is 2. The van der Waals surface area contributed by atoms with Gasteiger partial charge in [0.1, 0.15) is 5.75 Å². The average molecular weight is 322 g/mol. The van der Waals surface area contributed by atoms with Gasteiger partial charge in [-0.3, -0.25) is 0 Å². The van der Waals surface area contributed by atoms with Gasteiger partial charge >= 0.3 is 0 Å². The lowest BCUT2D eigenvalue weighted by atomic mass is 10.0. The lowest BCUT2D eigenvalue weighted by Gasteiger charge is -2.21. The lowest BCUT2D eigenvalue weighted by Crippen LogP contribution is -2.13. The predicted molar refractivity (Wildman–Crippen MR) is 88.5 cm³/mol. The molecule has 0 amide bonds. The standard InChI is InChI=1S/C17H17Cl2NO/c1-21-14-7-4-12(5-8-14)17(11-2-3-11)20-16-10-13(18)6-9-15(16)19/h4-11,17,20H,2-3H2,1H3. The Kier molecular flexibility index (Phi) is 4.27. The maximum Gasteiger partial charge on any atom is 0.118 e. The Labute approximate surface area is 135 Å².